The van der Waals surface area contributed by atoms with E-state index in [1.807, 2.05) is 12.1 Å². The molecule has 1 rings (SSSR count). The standard InChI is InChI=1S/C10H13BrO/c1-3-7(2)8-4-5-10(12)9(11)6-8/h4-7,12H,3H2,1-2H3/t7-/m0/s1. The van der Waals surface area contributed by atoms with Gasteiger partial charge in [-0.15, -0.1) is 0 Å². The zero-order valence-electron chi connectivity index (χ0n) is 7.34. The van der Waals surface area contributed by atoms with Gasteiger partial charge in [0, 0.05) is 0 Å². The Morgan fingerprint density at radius 2 is 2.17 bits per heavy atom. The number of halogens is 1. The Kier molecular flexibility index (Phi) is 3.15. The highest BCUT2D eigenvalue weighted by Gasteiger charge is 2.04. The first kappa shape index (κ1) is 9.59. The first-order valence-electron chi connectivity index (χ1n) is 4.13. The van der Waals surface area contributed by atoms with Crippen LogP contribution < -0.4 is 0 Å². The highest BCUT2D eigenvalue weighted by Crippen LogP contribution is 2.28. The molecule has 0 fully saturated rings. The Balaban J connectivity index is 2.96. The maximum atomic E-state index is 9.25. The molecule has 1 atom stereocenters. The van der Waals surface area contributed by atoms with E-state index >= 15 is 0 Å². The summed E-state index contributed by atoms with van der Waals surface area (Å²) < 4.78 is 0.778. The van der Waals surface area contributed by atoms with Crippen LogP contribution in [0.4, 0.5) is 0 Å². The highest BCUT2D eigenvalue weighted by molar-refractivity contribution is 9.10. The van der Waals surface area contributed by atoms with Crippen molar-refractivity contribution in [2.75, 3.05) is 0 Å². The first-order chi connectivity index (χ1) is 5.65. The van der Waals surface area contributed by atoms with Crippen LogP contribution in [0.3, 0.4) is 0 Å². The minimum Gasteiger partial charge on any atom is -0.507 e. The van der Waals surface area contributed by atoms with Crippen molar-refractivity contribution in [2.45, 2.75) is 26.2 Å². The number of benzene rings is 1. The summed E-state index contributed by atoms with van der Waals surface area (Å²) in [6, 6.07) is 5.67. The van der Waals surface area contributed by atoms with Crippen LogP contribution in [-0.4, -0.2) is 5.11 Å². The quantitative estimate of drug-likeness (QED) is 0.820. The van der Waals surface area contributed by atoms with Gasteiger partial charge in [0.05, 0.1) is 4.47 Å². The van der Waals surface area contributed by atoms with Gasteiger partial charge in [0.25, 0.3) is 0 Å². The van der Waals surface area contributed by atoms with Gasteiger partial charge in [0.1, 0.15) is 5.75 Å². The fourth-order valence-electron chi connectivity index (χ4n) is 1.07. The molecule has 2 heteroatoms. The molecule has 0 bridgehead atoms. The number of phenolic OH excluding ortho intramolecular Hbond substituents is 1. The summed E-state index contributed by atoms with van der Waals surface area (Å²) in [4.78, 5) is 0. The van der Waals surface area contributed by atoms with E-state index in [0.29, 0.717) is 11.7 Å². The normalized spacial score (nSPS) is 12.9. The van der Waals surface area contributed by atoms with Crippen LogP contribution in [0.5, 0.6) is 5.75 Å². The van der Waals surface area contributed by atoms with Crippen LogP contribution in [-0.2, 0) is 0 Å². The summed E-state index contributed by atoms with van der Waals surface area (Å²) in [7, 11) is 0. The van der Waals surface area contributed by atoms with Gasteiger partial charge in [-0.3, -0.25) is 0 Å². The molecule has 0 unspecified atom stereocenters. The highest BCUT2D eigenvalue weighted by atomic mass is 79.9. The molecule has 0 radical (unpaired) electrons. The van der Waals surface area contributed by atoms with Crippen molar-refractivity contribution < 1.29 is 5.11 Å². The molecular weight excluding hydrogens is 216 g/mol. The molecule has 0 amide bonds. The number of phenols is 1. The summed E-state index contributed by atoms with van der Waals surface area (Å²) >= 11 is 3.29. The van der Waals surface area contributed by atoms with Crippen molar-refractivity contribution in [3.05, 3.63) is 28.2 Å². The third-order valence-corrected chi connectivity index (χ3v) is 2.79. The Bertz CT molecular complexity index is 271. The van der Waals surface area contributed by atoms with Crippen molar-refractivity contribution in [1.29, 1.82) is 0 Å². The fraction of sp³-hybridized carbons (Fsp3) is 0.400. The average molecular weight is 229 g/mol. The SMILES string of the molecule is CC[C@H](C)c1ccc(O)c(Br)c1. The number of rotatable bonds is 2. The smallest absolute Gasteiger partial charge is 0.129 e. The largest absolute Gasteiger partial charge is 0.507 e. The molecular formula is C10H13BrO. The Morgan fingerprint density at radius 1 is 1.50 bits per heavy atom. The lowest BCUT2D eigenvalue weighted by molar-refractivity contribution is 0.471. The minimum absolute atomic E-state index is 0.307. The first-order valence-corrected chi connectivity index (χ1v) is 4.93. The van der Waals surface area contributed by atoms with Gasteiger partial charge in [0.15, 0.2) is 0 Å². The van der Waals surface area contributed by atoms with E-state index in [0.717, 1.165) is 10.9 Å². The molecule has 0 spiro atoms. The van der Waals surface area contributed by atoms with E-state index < -0.39 is 0 Å². The van der Waals surface area contributed by atoms with Crippen molar-refractivity contribution in [2.24, 2.45) is 0 Å². The molecule has 0 aliphatic rings. The number of hydrogen-bond donors (Lipinski definition) is 1. The molecule has 1 aromatic carbocycles. The second-order valence-electron chi connectivity index (χ2n) is 3.02. The van der Waals surface area contributed by atoms with E-state index in [2.05, 4.69) is 29.8 Å². The lowest BCUT2D eigenvalue weighted by atomic mass is 9.99. The Labute approximate surface area is 81.6 Å². The molecule has 1 aromatic rings. The maximum Gasteiger partial charge on any atom is 0.129 e. The van der Waals surface area contributed by atoms with Crippen LogP contribution in [0.15, 0.2) is 22.7 Å². The Morgan fingerprint density at radius 3 is 2.67 bits per heavy atom. The predicted octanol–water partition coefficient (Wildman–Crippen LogP) is 3.67. The fourth-order valence-corrected chi connectivity index (χ4v) is 1.46. The molecule has 0 saturated carbocycles. The molecule has 66 valence electrons. The summed E-state index contributed by atoms with van der Waals surface area (Å²) in [6.45, 7) is 4.34. The molecule has 1 N–H and O–H groups in total. The van der Waals surface area contributed by atoms with Gasteiger partial charge in [-0.1, -0.05) is 19.9 Å². The molecule has 12 heavy (non-hydrogen) atoms. The van der Waals surface area contributed by atoms with Crippen LogP contribution in [0.2, 0.25) is 0 Å². The van der Waals surface area contributed by atoms with E-state index in [1.54, 1.807) is 6.07 Å². The number of hydrogen-bond acceptors (Lipinski definition) is 1. The van der Waals surface area contributed by atoms with Crippen molar-refractivity contribution >= 4 is 15.9 Å². The van der Waals surface area contributed by atoms with Crippen molar-refractivity contribution in [1.82, 2.24) is 0 Å². The van der Waals surface area contributed by atoms with E-state index in [9.17, 15) is 5.11 Å². The third-order valence-electron chi connectivity index (χ3n) is 2.15. The van der Waals surface area contributed by atoms with Gasteiger partial charge in [-0.2, -0.15) is 0 Å². The van der Waals surface area contributed by atoms with Crippen LogP contribution >= 0.6 is 15.9 Å². The molecule has 0 saturated heterocycles. The van der Waals surface area contributed by atoms with E-state index in [1.165, 1.54) is 5.56 Å². The average Bonchev–Trinajstić information content (AvgIpc) is 2.08. The Hall–Kier alpha value is -0.500. The van der Waals surface area contributed by atoms with Crippen molar-refractivity contribution in [3.63, 3.8) is 0 Å². The molecule has 1 nitrogen and oxygen atoms in total. The second-order valence-corrected chi connectivity index (χ2v) is 3.87. The lowest BCUT2D eigenvalue weighted by Gasteiger charge is -2.09. The molecule has 0 aliphatic carbocycles. The molecule has 0 heterocycles. The van der Waals surface area contributed by atoms with Gasteiger partial charge in [-0.05, 0) is 46.0 Å². The molecule has 0 aromatic heterocycles. The summed E-state index contributed by atoms with van der Waals surface area (Å²) in [5.74, 6) is 0.865. The van der Waals surface area contributed by atoms with Crippen LogP contribution in [0.1, 0.15) is 31.7 Å². The summed E-state index contributed by atoms with van der Waals surface area (Å²) in [5.41, 5.74) is 1.27. The van der Waals surface area contributed by atoms with E-state index in [4.69, 9.17) is 0 Å². The van der Waals surface area contributed by atoms with Gasteiger partial charge in [0.2, 0.25) is 0 Å². The minimum atomic E-state index is 0.307. The zero-order chi connectivity index (χ0) is 9.14. The monoisotopic (exact) mass is 228 g/mol. The van der Waals surface area contributed by atoms with Crippen LogP contribution in [0.25, 0.3) is 0 Å². The second kappa shape index (κ2) is 3.94. The predicted molar refractivity (Wildman–Crippen MR) is 54.5 cm³/mol. The van der Waals surface area contributed by atoms with Gasteiger partial charge >= 0.3 is 0 Å². The van der Waals surface area contributed by atoms with E-state index in [-0.39, 0.29) is 0 Å². The molecule has 0 aliphatic heterocycles. The zero-order valence-corrected chi connectivity index (χ0v) is 8.93. The topological polar surface area (TPSA) is 20.2 Å². The van der Waals surface area contributed by atoms with Crippen LogP contribution in [0, 0.1) is 0 Å². The summed E-state index contributed by atoms with van der Waals surface area (Å²) in [5, 5.41) is 9.25. The summed E-state index contributed by atoms with van der Waals surface area (Å²) in [6.07, 6.45) is 1.12. The van der Waals surface area contributed by atoms with Gasteiger partial charge < -0.3 is 5.11 Å². The van der Waals surface area contributed by atoms with Gasteiger partial charge in [-0.25, -0.2) is 0 Å². The van der Waals surface area contributed by atoms with Crippen molar-refractivity contribution in [3.8, 4) is 5.75 Å². The number of aromatic hydroxyl groups is 1. The third kappa shape index (κ3) is 2.01. The maximum absolute atomic E-state index is 9.25. The lowest BCUT2D eigenvalue weighted by Crippen LogP contribution is -1.90.